The van der Waals surface area contributed by atoms with Crippen LogP contribution in [0, 0.1) is 13.8 Å². The molecule has 1 aliphatic heterocycles. The number of nitrogens with zero attached hydrogens (tertiary/aromatic N) is 3. The van der Waals surface area contributed by atoms with Gasteiger partial charge in [0.1, 0.15) is 5.75 Å². The topological polar surface area (TPSA) is 28.1 Å². The number of hydrogen-bond acceptors (Lipinski definition) is 4. The Labute approximate surface area is 150 Å². The third kappa shape index (κ3) is 4.83. The first-order valence-corrected chi connectivity index (χ1v) is 8.85. The van der Waals surface area contributed by atoms with Gasteiger partial charge in [0.15, 0.2) is 0 Å². The van der Waals surface area contributed by atoms with Crippen molar-refractivity contribution < 1.29 is 4.74 Å². The molecule has 1 fully saturated rings. The van der Waals surface area contributed by atoms with Crippen LogP contribution in [0.15, 0.2) is 47.6 Å². The van der Waals surface area contributed by atoms with Gasteiger partial charge in [0, 0.05) is 32.7 Å². The van der Waals surface area contributed by atoms with Gasteiger partial charge in [0.05, 0.1) is 13.3 Å². The fourth-order valence-corrected chi connectivity index (χ4v) is 3.11. The molecule has 3 rings (SSSR count). The van der Waals surface area contributed by atoms with Crippen LogP contribution in [0.1, 0.15) is 22.3 Å². The van der Waals surface area contributed by atoms with E-state index in [1.165, 1.54) is 16.7 Å². The first-order chi connectivity index (χ1) is 12.1. The molecule has 2 aromatic carbocycles. The fourth-order valence-electron chi connectivity index (χ4n) is 3.11. The van der Waals surface area contributed by atoms with E-state index in [-0.39, 0.29) is 0 Å². The molecule has 1 aliphatic rings. The van der Waals surface area contributed by atoms with Crippen molar-refractivity contribution in [2.75, 3.05) is 33.3 Å². The van der Waals surface area contributed by atoms with E-state index in [4.69, 9.17) is 4.74 Å². The Balaban J connectivity index is 1.50. The Kier molecular flexibility index (Phi) is 5.71. The Bertz CT molecular complexity index is 716. The van der Waals surface area contributed by atoms with E-state index in [9.17, 15) is 0 Å². The minimum atomic E-state index is 0.872. The average Bonchev–Trinajstić information content (AvgIpc) is 2.64. The number of methoxy groups -OCH3 is 1. The predicted molar refractivity (Wildman–Crippen MR) is 103 cm³/mol. The van der Waals surface area contributed by atoms with Gasteiger partial charge in [0.25, 0.3) is 0 Å². The standard InChI is InChI=1S/C21H27N3O/c1-17-4-7-20(18(2)14-17)16-23-10-12-24(13-11-23)22-15-19-5-8-21(25-3)9-6-19/h4-9,14-15H,10-13,16H2,1-3H3/b22-15-. The molecule has 0 spiro atoms. The summed E-state index contributed by atoms with van der Waals surface area (Å²) >= 11 is 0. The molecular formula is C21H27N3O. The number of hydrazone groups is 1. The van der Waals surface area contributed by atoms with Crippen molar-refractivity contribution in [3.8, 4) is 5.75 Å². The smallest absolute Gasteiger partial charge is 0.118 e. The van der Waals surface area contributed by atoms with Gasteiger partial charge in [0.2, 0.25) is 0 Å². The number of piperazine rings is 1. The van der Waals surface area contributed by atoms with Crippen LogP contribution in [0.5, 0.6) is 5.75 Å². The normalized spacial score (nSPS) is 15.7. The molecule has 0 unspecified atom stereocenters. The first-order valence-electron chi connectivity index (χ1n) is 8.85. The number of benzene rings is 2. The van der Waals surface area contributed by atoms with Crippen LogP contribution < -0.4 is 4.74 Å². The molecule has 0 aromatic heterocycles. The van der Waals surface area contributed by atoms with Crippen LogP contribution in [0.4, 0.5) is 0 Å². The second kappa shape index (κ2) is 8.17. The van der Waals surface area contributed by atoms with Crippen molar-refractivity contribution in [3.63, 3.8) is 0 Å². The van der Waals surface area contributed by atoms with Gasteiger partial charge in [-0.25, -0.2) is 0 Å². The maximum absolute atomic E-state index is 5.18. The number of ether oxygens (including phenoxy) is 1. The maximum atomic E-state index is 5.18. The second-order valence-corrected chi connectivity index (χ2v) is 6.68. The summed E-state index contributed by atoms with van der Waals surface area (Å²) in [5, 5.41) is 6.78. The lowest BCUT2D eigenvalue weighted by Crippen LogP contribution is -2.43. The fraction of sp³-hybridized carbons (Fsp3) is 0.381. The van der Waals surface area contributed by atoms with E-state index in [0.29, 0.717) is 0 Å². The van der Waals surface area contributed by atoms with Crippen LogP contribution in [0.3, 0.4) is 0 Å². The summed E-state index contributed by atoms with van der Waals surface area (Å²) in [6.07, 6.45) is 1.93. The lowest BCUT2D eigenvalue weighted by Gasteiger charge is -2.33. The zero-order valence-electron chi connectivity index (χ0n) is 15.4. The van der Waals surface area contributed by atoms with Gasteiger partial charge >= 0.3 is 0 Å². The highest BCUT2D eigenvalue weighted by Gasteiger charge is 2.16. The molecule has 25 heavy (non-hydrogen) atoms. The average molecular weight is 337 g/mol. The van der Waals surface area contributed by atoms with Crippen LogP contribution >= 0.6 is 0 Å². The molecule has 0 N–H and O–H groups in total. The van der Waals surface area contributed by atoms with E-state index in [2.05, 4.69) is 47.1 Å². The molecule has 4 nitrogen and oxygen atoms in total. The molecule has 132 valence electrons. The minimum Gasteiger partial charge on any atom is -0.497 e. The van der Waals surface area contributed by atoms with E-state index in [1.807, 2.05) is 30.5 Å². The molecule has 0 atom stereocenters. The summed E-state index contributed by atoms with van der Waals surface area (Å²) < 4.78 is 5.18. The molecule has 0 aliphatic carbocycles. The maximum Gasteiger partial charge on any atom is 0.118 e. The highest BCUT2D eigenvalue weighted by atomic mass is 16.5. The van der Waals surface area contributed by atoms with Crippen molar-refractivity contribution in [2.45, 2.75) is 20.4 Å². The highest BCUT2D eigenvalue weighted by Crippen LogP contribution is 2.15. The second-order valence-electron chi connectivity index (χ2n) is 6.68. The van der Waals surface area contributed by atoms with E-state index < -0.39 is 0 Å². The van der Waals surface area contributed by atoms with Crippen molar-refractivity contribution in [1.82, 2.24) is 9.91 Å². The molecule has 4 heteroatoms. The molecule has 0 amide bonds. The SMILES string of the molecule is COc1ccc(/C=N\N2CCN(Cc3ccc(C)cc3C)CC2)cc1. The summed E-state index contributed by atoms with van der Waals surface area (Å²) in [6, 6.07) is 14.7. The van der Waals surface area contributed by atoms with Crippen LogP contribution in [0.2, 0.25) is 0 Å². The van der Waals surface area contributed by atoms with E-state index in [1.54, 1.807) is 7.11 Å². The molecule has 1 heterocycles. The van der Waals surface area contributed by atoms with Gasteiger partial charge in [-0.2, -0.15) is 5.10 Å². The largest absolute Gasteiger partial charge is 0.497 e. The molecule has 0 saturated carbocycles. The number of rotatable bonds is 5. The van der Waals surface area contributed by atoms with Crippen LogP contribution in [-0.4, -0.2) is 49.4 Å². The zero-order chi connectivity index (χ0) is 17.6. The summed E-state index contributed by atoms with van der Waals surface area (Å²) in [7, 11) is 1.68. The van der Waals surface area contributed by atoms with E-state index >= 15 is 0 Å². The highest BCUT2D eigenvalue weighted by molar-refractivity contribution is 5.79. The predicted octanol–water partition coefficient (Wildman–Crippen LogP) is 3.46. The van der Waals surface area contributed by atoms with Crippen LogP contribution in [-0.2, 0) is 6.54 Å². The molecular weight excluding hydrogens is 310 g/mol. The Morgan fingerprint density at radius 2 is 1.72 bits per heavy atom. The Hall–Kier alpha value is -2.33. The van der Waals surface area contributed by atoms with Gasteiger partial charge in [-0.3, -0.25) is 9.91 Å². The summed E-state index contributed by atoms with van der Waals surface area (Å²) in [5.41, 5.74) is 5.25. The van der Waals surface area contributed by atoms with Crippen molar-refractivity contribution >= 4 is 6.21 Å². The van der Waals surface area contributed by atoms with Crippen molar-refractivity contribution in [1.29, 1.82) is 0 Å². The van der Waals surface area contributed by atoms with Crippen molar-refractivity contribution in [3.05, 3.63) is 64.7 Å². The minimum absolute atomic E-state index is 0.872. The van der Waals surface area contributed by atoms with Gasteiger partial charge in [-0.15, -0.1) is 0 Å². The quantitative estimate of drug-likeness (QED) is 0.782. The molecule has 0 radical (unpaired) electrons. The number of hydrogen-bond donors (Lipinski definition) is 0. The Morgan fingerprint density at radius 3 is 2.36 bits per heavy atom. The van der Waals surface area contributed by atoms with Crippen LogP contribution in [0.25, 0.3) is 0 Å². The van der Waals surface area contributed by atoms with E-state index in [0.717, 1.165) is 44.0 Å². The van der Waals surface area contributed by atoms with Gasteiger partial charge < -0.3 is 4.74 Å². The first kappa shape index (κ1) is 17.5. The molecule has 0 bridgehead atoms. The third-order valence-corrected chi connectivity index (χ3v) is 4.73. The number of aryl methyl sites for hydroxylation is 2. The summed E-state index contributed by atoms with van der Waals surface area (Å²) in [6.45, 7) is 9.42. The monoisotopic (exact) mass is 337 g/mol. The van der Waals surface area contributed by atoms with Gasteiger partial charge in [-0.05, 0) is 54.8 Å². The Morgan fingerprint density at radius 1 is 1.00 bits per heavy atom. The zero-order valence-corrected chi connectivity index (χ0v) is 15.4. The summed E-state index contributed by atoms with van der Waals surface area (Å²) in [4.78, 5) is 2.51. The molecule has 2 aromatic rings. The summed E-state index contributed by atoms with van der Waals surface area (Å²) in [5.74, 6) is 0.872. The lowest BCUT2D eigenvalue weighted by atomic mass is 10.1. The van der Waals surface area contributed by atoms with Crippen molar-refractivity contribution in [2.24, 2.45) is 5.10 Å². The lowest BCUT2D eigenvalue weighted by molar-refractivity contribution is 0.131. The third-order valence-electron chi connectivity index (χ3n) is 4.73. The van der Waals surface area contributed by atoms with Gasteiger partial charge in [-0.1, -0.05) is 23.8 Å². The molecule has 1 saturated heterocycles.